The summed E-state index contributed by atoms with van der Waals surface area (Å²) in [6, 6.07) is 0.399. The molecule has 0 aliphatic rings. The molecule has 1 aromatic rings. The highest BCUT2D eigenvalue weighted by Gasteiger charge is 2.45. The minimum atomic E-state index is -0.599. The van der Waals surface area contributed by atoms with Crippen molar-refractivity contribution in [2.45, 2.75) is 59.7 Å². The van der Waals surface area contributed by atoms with Gasteiger partial charge in [-0.25, -0.2) is 4.68 Å². The standard InChI is InChI=1S/C14H27N5O/c1-10(2)16-8-11-9-19(18-17-11)14(5,6)13(3,4)12(20)15-7/h9-10,16H,8H2,1-7H3,(H,15,20). The zero-order valence-electron chi connectivity index (χ0n) is 13.6. The predicted octanol–water partition coefficient (Wildman–Crippen LogP) is 1.28. The molecule has 0 saturated heterocycles. The molecule has 0 fully saturated rings. The lowest BCUT2D eigenvalue weighted by molar-refractivity contribution is -0.134. The highest BCUT2D eigenvalue weighted by molar-refractivity contribution is 5.82. The average Bonchev–Trinajstić information content (AvgIpc) is 2.84. The Morgan fingerprint density at radius 1 is 1.35 bits per heavy atom. The van der Waals surface area contributed by atoms with E-state index in [1.807, 2.05) is 33.9 Å². The fourth-order valence-electron chi connectivity index (χ4n) is 1.84. The van der Waals surface area contributed by atoms with E-state index in [1.54, 1.807) is 11.7 Å². The van der Waals surface area contributed by atoms with Crippen molar-refractivity contribution in [2.24, 2.45) is 5.41 Å². The number of nitrogens with one attached hydrogen (secondary N) is 2. The number of carbonyl (C=O) groups is 1. The maximum atomic E-state index is 12.1. The Morgan fingerprint density at radius 3 is 2.45 bits per heavy atom. The van der Waals surface area contributed by atoms with Crippen LogP contribution < -0.4 is 10.6 Å². The number of hydrogen-bond donors (Lipinski definition) is 2. The van der Waals surface area contributed by atoms with Crippen molar-refractivity contribution in [2.75, 3.05) is 7.05 Å². The molecule has 1 amide bonds. The van der Waals surface area contributed by atoms with E-state index in [4.69, 9.17) is 0 Å². The van der Waals surface area contributed by atoms with Gasteiger partial charge in [-0.05, 0) is 27.7 Å². The summed E-state index contributed by atoms with van der Waals surface area (Å²) in [5.41, 5.74) is -0.201. The summed E-state index contributed by atoms with van der Waals surface area (Å²) in [6.45, 7) is 12.7. The van der Waals surface area contributed by atoms with E-state index in [1.165, 1.54) is 0 Å². The first-order valence-electron chi connectivity index (χ1n) is 7.00. The Morgan fingerprint density at radius 2 is 1.95 bits per heavy atom. The monoisotopic (exact) mass is 281 g/mol. The molecular weight excluding hydrogens is 254 g/mol. The van der Waals surface area contributed by atoms with E-state index >= 15 is 0 Å². The van der Waals surface area contributed by atoms with Gasteiger partial charge in [0.25, 0.3) is 0 Å². The Labute approximate surface area is 121 Å². The molecule has 1 heterocycles. The summed E-state index contributed by atoms with van der Waals surface area (Å²) in [5.74, 6) is -0.0140. The van der Waals surface area contributed by atoms with Crippen molar-refractivity contribution in [3.05, 3.63) is 11.9 Å². The molecule has 0 bridgehead atoms. The van der Waals surface area contributed by atoms with E-state index < -0.39 is 11.0 Å². The van der Waals surface area contributed by atoms with E-state index in [0.29, 0.717) is 12.6 Å². The summed E-state index contributed by atoms with van der Waals surface area (Å²) >= 11 is 0. The molecule has 0 aromatic carbocycles. The Balaban J connectivity index is 2.95. The Bertz CT molecular complexity index is 462. The van der Waals surface area contributed by atoms with Gasteiger partial charge in [-0.1, -0.05) is 19.1 Å². The van der Waals surface area contributed by atoms with Crippen LogP contribution in [0.5, 0.6) is 0 Å². The number of hydrogen-bond acceptors (Lipinski definition) is 4. The fraction of sp³-hybridized carbons (Fsp3) is 0.786. The van der Waals surface area contributed by atoms with E-state index in [2.05, 4.69) is 34.8 Å². The predicted molar refractivity (Wildman–Crippen MR) is 79.2 cm³/mol. The molecule has 0 saturated carbocycles. The molecule has 0 aliphatic carbocycles. The van der Waals surface area contributed by atoms with Crippen molar-refractivity contribution in [1.29, 1.82) is 0 Å². The summed E-state index contributed by atoms with van der Waals surface area (Å²) in [7, 11) is 1.65. The third-order valence-electron chi connectivity index (χ3n) is 4.13. The van der Waals surface area contributed by atoms with Crippen LogP contribution in [-0.2, 0) is 16.9 Å². The van der Waals surface area contributed by atoms with Gasteiger partial charge in [0.2, 0.25) is 5.91 Å². The largest absolute Gasteiger partial charge is 0.359 e. The van der Waals surface area contributed by atoms with Crippen molar-refractivity contribution >= 4 is 5.91 Å². The molecule has 0 radical (unpaired) electrons. The number of rotatable bonds is 6. The molecule has 6 heteroatoms. The molecule has 0 spiro atoms. The Kier molecular flexibility index (Phi) is 4.91. The zero-order valence-corrected chi connectivity index (χ0v) is 13.6. The molecule has 114 valence electrons. The van der Waals surface area contributed by atoms with Crippen LogP contribution >= 0.6 is 0 Å². The van der Waals surface area contributed by atoms with Crippen LogP contribution in [-0.4, -0.2) is 34.0 Å². The normalized spacial score (nSPS) is 12.8. The first kappa shape index (κ1) is 16.6. The van der Waals surface area contributed by atoms with Crippen LogP contribution in [0.25, 0.3) is 0 Å². The van der Waals surface area contributed by atoms with Gasteiger partial charge in [0.1, 0.15) is 0 Å². The summed E-state index contributed by atoms with van der Waals surface area (Å²) in [6.07, 6.45) is 1.90. The highest BCUT2D eigenvalue weighted by Crippen LogP contribution is 2.36. The third-order valence-corrected chi connectivity index (χ3v) is 4.13. The highest BCUT2D eigenvalue weighted by atomic mass is 16.2. The molecular formula is C14H27N5O. The molecule has 6 nitrogen and oxygen atoms in total. The van der Waals surface area contributed by atoms with Gasteiger partial charge in [0, 0.05) is 19.6 Å². The van der Waals surface area contributed by atoms with E-state index in [9.17, 15) is 4.79 Å². The lowest BCUT2D eigenvalue weighted by atomic mass is 9.74. The molecule has 20 heavy (non-hydrogen) atoms. The number of nitrogens with zero attached hydrogens (tertiary/aromatic N) is 3. The van der Waals surface area contributed by atoms with Gasteiger partial charge in [-0.15, -0.1) is 5.10 Å². The summed E-state index contributed by atoms with van der Waals surface area (Å²) in [4.78, 5) is 12.1. The van der Waals surface area contributed by atoms with Crippen LogP contribution in [0.15, 0.2) is 6.20 Å². The van der Waals surface area contributed by atoms with Gasteiger partial charge in [-0.3, -0.25) is 4.79 Å². The lowest BCUT2D eigenvalue weighted by Crippen LogP contribution is -2.51. The number of carbonyl (C=O) groups excluding carboxylic acids is 1. The minimum Gasteiger partial charge on any atom is -0.359 e. The summed E-state index contributed by atoms with van der Waals surface area (Å²) in [5, 5.41) is 14.4. The SMILES string of the molecule is CNC(=O)C(C)(C)C(C)(C)n1cc(CNC(C)C)nn1. The summed E-state index contributed by atoms with van der Waals surface area (Å²) < 4.78 is 1.78. The van der Waals surface area contributed by atoms with Crippen molar-refractivity contribution in [3.8, 4) is 0 Å². The number of amides is 1. The second kappa shape index (κ2) is 5.91. The van der Waals surface area contributed by atoms with Crippen LogP contribution in [0.1, 0.15) is 47.2 Å². The molecule has 1 aromatic heterocycles. The topological polar surface area (TPSA) is 71.8 Å². The van der Waals surface area contributed by atoms with Crippen molar-refractivity contribution in [3.63, 3.8) is 0 Å². The first-order chi connectivity index (χ1) is 9.12. The second-order valence-electron chi connectivity index (χ2n) is 6.45. The smallest absolute Gasteiger partial charge is 0.227 e. The molecule has 0 unspecified atom stereocenters. The molecule has 0 atom stereocenters. The molecule has 2 N–H and O–H groups in total. The zero-order chi connectivity index (χ0) is 15.6. The van der Waals surface area contributed by atoms with E-state index in [0.717, 1.165) is 5.69 Å². The van der Waals surface area contributed by atoms with Gasteiger partial charge < -0.3 is 10.6 Å². The quantitative estimate of drug-likeness (QED) is 0.824. The molecule has 1 rings (SSSR count). The van der Waals surface area contributed by atoms with Crippen LogP contribution in [0.2, 0.25) is 0 Å². The minimum absolute atomic E-state index is 0.0140. The van der Waals surface area contributed by atoms with Crippen molar-refractivity contribution in [1.82, 2.24) is 25.6 Å². The third kappa shape index (κ3) is 3.17. The maximum absolute atomic E-state index is 12.1. The number of aromatic nitrogens is 3. The van der Waals surface area contributed by atoms with Gasteiger partial charge >= 0.3 is 0 Å². The second-order valence-corrected chi connectivity index (χ2v) is 6.45. The van der Waals surface area contributed by atoms with Gasteiger partial charge in [0.15, 0.2) is 0 Å². The maximum Gasteiger partial charge on any atom is 0.227 e. The van der Waals surface area contributed by atoms with Gasteiger partial charge in [0.05, 0.1) is 22.8 Å². The average molecular weight is 281 g/mol. The first-order valence-corrected chi connectivity index (χ1v) is 7.00. The van der Waals surface area contributed by atoms with E-state index in [-0.39, 0.29) is 5.91 Å². The molecule has 0 aliphatic heterocycles. The van der Waals surface area contributed by atoms with Gasteiger partial charge in [-0.2, -0.15) is 0 Å². The fourth-order valence-corrected chi connectivity index (χ4v) is 1.84. The van der Waals surface area contributed by atoms with Crippen molar-refractivity contribution < 1.29 is 4.79 Å². The lowest BCUT2D eigenvalue weighted by Gasteiger charge is -2.39. The van der Waals surface area contributed by atoms with Crippen LogP contribution in [0.4, 0.5) is 0 Å². The Hall–Kier alpha value is -1.43. The van der Waals surface area contributed by atoms with Crippen LogP contribution in [0, 0.1) is 5.41 Å². The van der Waals surface area contributed by atoms with Crippen LogP contribution in [0.3, 0.4) is 0 Å².